The average molecular weight is 206 g/mol. The second kappa shape index (κ2) is 4.65. The van der Waals surface area contributed by atoms with Gasteiger partial charge in [-0.05, 0) is 25.8 Å². The number of carbonyl (C=O) groups is 1. The number of Topliss-reactive ketones (excluding diaryl/α,β-unsaturated/α-hetero) is 1. The Balaban J connectivity index is 2.09. The van der Waals surface area contributed by atoms with Gasteiger partial charge in [0.1, 0.15) is 5.76 Å². The van der Waals surface area contributed by atoms with E-state index in [9.17, 15) is 4.79 Å². The predicted molar refractivity (Wildman–Crippen MR) is 59.0 cm³/mol. The van der Waals surface area contributed by atoms with Crippen LogP contribution in [0.4, 0.5) is 0 Å². The smallest absolute Gasteiger partial charge is 0.169 e. The summed E-state index contributed by atoms with van der Waals surface area (Å²) >= 11 is 0. The van der Waals surface area contributed by atoms with Crippen LogP contribution in [0, 0.1) is 12.8 Å². The topological polar surface area (TPSA) is 30.2 Å². The quantitative estimate of drug-likeness (QED) is 0.545. The van der Waals surface area contributed by atoms with Gasteiger partial charge in [-0.25, -0.2) is 0 Å². The van der Waals surface area contributed by atoms with Crippen LogP contribution in [0.15, 0.2) is 16.7 Å². The number of hydrogen-bond acceptors (Lipinski definition) is 2. The largest absolute Gasteiger partial charge is 0.469 e. The lowest BCUT2D eigenvalue weighted by Crippen LogP contribution is -2.14. The first-order chi connectivity index (χ1) is 7.29. The van der Waals surface area contributed by atoms with Crippen LogP contribution in [0.3, 0.4) is 0 Å². The van der Waals surface area contributed by atoms with E-state index < -0.39 is 0 Å². The third kappa shape index (κ3) is 2.31. The van der Waals surface area contributed by atoms with E-state index in [-0.39, 0.29) is 5.92 Å². The first kappa shape index (κ1) is 10.5. The van der Waals surface area contributed by atoms with Gasteiger partial charge in [0.15, 0.2) is 5.78 Å². The molecule has 0 bridgehead atoms. The number of ketones is 1. The van der Waals surface area contributed by atoms with Crippen molar-refractivity contribution in [1.82, 2.24) is 0 Å². The molecule has 0 aliphatic heterocycles. The predicted octanol–water partition coefficient (Wildman–Crippen LogP) is 3.74. The molecule has 0 spiro atoms. The molecular weight excluding hydrogens is 188 g/mol. The molecule has 2 nitrogen and oxygen atoms in total. The van der Waals surface area contributed by atoms with Gasteiger partial charge in [-0.15, -0.1) is 0 Å². The number of furan rings is 1. The summed E-state index contributed by atoms with van der Waals surface area (Å²) < 4.78 is 5.19. The van der Waals surface area contributed by atoms with E-state index in [1.807, 2.05) is 13.0 Å². The second-order valence-corrected chi connectivity index (χ2v) is 4.44. The molecule has 1 aromatic heterocycles. The van der Waals surface area contributed by atoms with Gasteiger partial charge in [-0.1, -0.05) is 25.7 Å². The molecule has 1 aromatic rings. The summed E-state index contributed by atoms with van der Waals surface area (Å²) in [6, 6.07) is 1.81. The lowest BCUT2D eigenvalue weighted by atomic mass is 9.91. The van der Waals surface area contributed by atoms with Gasteiger partial charge >= 0.3 is 0 Å². The molecule has 82 valence electrons. The highest BCUT2D eigenvalue weighted by atomic mass is 16.3. The molecule has 0 amide bonds. The molecule has 0 aromatic carbocycles. The molecule has 2 heteroatoms. The van der Waals surface area contributed by atoms with Crippen LogP contribution in [0.5, 0.6) is 0 Å². The Morgan fingerprint density at radius 1 is 1.27 bits per heavy atom. The van der Waals surface area contributed by atoms with Crippen LogP contribution >= 0.6 is 0 Å². The fourth-order valence-corrected chi connectivity index (χ4v) is 2.40. The molecular formula is C13H18O2. The van der Waals surface area contributed by atoms with Gasteiger partial charge in [0.25, 0.3) is 0 Å². The molecule has 1 aliphatic rings. The van der Waals surface area contributed by atoms with Crippen molar-refractivity contribution in [2.24, 2.45) is 5.92 Å². The third-order valence-corrected chi connectivity index (χ3v) is 3.35. The van der Waals surface area contributed by atoms with E-state index in [2.05, 4.69) is 0 Å². The highest BCUT2D eigenvalue weighted by Crippen LogP contribution is 2.27. The number of carbonyl (C=O) groups excluding carboxylic acids is 1. The molecule has 2 rings (SSSR count). The molecule has 1 heterocycles. The van der Waals surface area contributed by atoms with Crippen LogP contribution in [-0.2, 0) is 0 Å². The summed E-state index contributed by atoms with van der Waals surface area (Å²) in [7, 11) is 0. The van der Waals surface area contributed by atoms with Gasteiger partial charge in [0.05, 0.1) is 11.8 Å². The monoisotopic (exact) mass is 206 g/mol. The van der Waals surface area contributed by atoms with Crippen molar-refractivity contribution < 1.29 is 9.21 Å². The first-order valence-corrected chi connectivity index (χ1v) is 5.87. The van der Waals surface area contributed by atoms with Crippen LogP contribution < -0.4 is 0 Å². The van der Waals surface area contributed by atoms with Crippen LogP contribution in [0.1, 0.15) is 54.6 Å². The standard InChI is InChI=1S/C13H18O2/c1-10-12(8-9-15-10)13(14)11-6-4-2-3-5-7-11/h8-9,11H,2-7H2,1H3. The van der Waals surface area contributed by atoms with Gasteiger partial charge in [-0.3, -0.25) is 4.79 Å². The summed E-state index contributed by atoms with van der Waals surface area (Å²) in [4.78, 5) is 12.2. The molecule has 0 N–H and O–H groups in total. The average Bonchev–Trinajstić information content (AvgIpc) is 2.53. The van der Waals surface area contributed by atoms with E-state index >= 15 is 0 Å². The third-order valence-electron chi connectivity index (χ3n) is 3.35. The maximum Gasteiger partial charge on any atom is 0.169 e. The minimum atomic E-state index is 0.240. The summed E-state index contributed by atoms with van der Waals surface area (Å²) in [5.74, 6) is 1.30. The second-order valence-electron chi connectivity index (χ2n) is 4.44. The van der Waals surface area contributed by atoms with E-state index in [0.29, 0.717) is 5.78 Å². The van der Waals surface area contributed by atoms with Crippen molar-refractivity contribution >= 4 is 5.78 Å². The van der Waals surface area contributed by atoms with E-state index in [4.69, 9.17) is 4.42 Å². The van der Waals surface area contributed by atoms with E-state index in [0.717, 1.165) is 24.2 Å². The zero-order chi connectivity index (χ0) is 10.7. The Labute approximate surface area is 90.7 Å². The van der Waals surface area contributed by atoms with Gasteiger partial charge in [-0.2, -0.15) is 0 Å². The van der Waals surface area contributed by atoms with Crippen molar-refractivity contribution in [1.29, 1.82) is 0 Å². The Bertz CT molecular complexity index is 330. The maximum absolute atomic E-state index is 12.2. The van der Waals surface area contributed by atoms with Gasteiger partial charge < -0.3 is 4.42 Å². The van der Waals surface area contributed by atoms with Gasteiger partial charge in [0, 0.05) is 5.92 Å². The summed E-state index contributed by atoms with van der Waals surface area (Å²) in [5.41, 5.74) is 0.793. The van der Waals surface area contributed by atoms with Crippen molar-refractivity contribution in [3.05, 3.63) is 23.7 Å². The Kier molecular flexibility index (Phi) is 3.24. The number of hydrogen-bond donors (Lipinski definition) is 0. The summed E-state index contributed by atoms with van der Waals surface area (Å²) in [6.45, 7) is 1.87. The molecule has 1 aliphatic carbocycles. The van der Waals surface area contributed by atoms with Gasteiger partial charge in [0.2, 0.25) is 0 Å². The highest BCUT2D eigenvalue weighted by molar-refractivity contribution is 5.98. The van der Waals surface area contributed by atoms with Crippen LogP contribution in [-0.4, -0.2) is 5.78 Å². The minimum absolute atomic E-state index is 0.240. The van der Waals surface area contributed by atoms with E-state index in [1.165, 1.54) is 25.7 Å². The fraction of sp³-hybridized carbons (Fsp3) is 0.615. The molecule has 1 saturated carbocycles. The van der Waals surface area contributed by atoms with Crippen molar-refractivity contribution in [3.63, 3.8) is 0 Å². The Morgan fingerprint density at radius 2 is 1.93 bits per heavy atom. The molecule has 0 saturated heterocycles. The number of rotatable bonds is 2. The van der Waals surface area contributed by atoms with Crippen molar-refractivity contribution in [2.75, 3.05) is 0 Å². The van der Waals surface area contributed by atoms with Crippen LogP contribution in [0.25, 0.3) is 0 Å². The molecule has 0 unspecified atom stereocenters. The lowest BCUT2D eigenvalue weighted by molar-refractivity contribution is 0.0906. The SMILES string of the molecule is Cc1occc1C(=O)C1CCCCCC1. The molecule has 1 fully saturated rings. The summed E-state index contributed by atoms with van der Waals surface area (Å²) in [6.07, 6.45) is 8.70. The van der Waals surface area contributed by atoms with Crippen LogP contribution in [0.2, 0.25) is 0 Å². The Morgan fingerprint density at radius 3 is 2.47 bits per heavy atom. The zero-order valence-corrected chi connectivity index (χ0v) is 9.29. The molecule has 0 atom stereocenters. The zero-order valence-electron chi connectivity index (χ0n) is 9.29. The normalized spacial score (nSPS) is 18.7. The van der Waals surface area contributed by atoms with Crippen molar-refractivity contribution in [3.8, 4) is 0 Å². The fourth-order valence-electron chi connectivity index (χ4n) is 2.40. The lowest BCUT2D eigenvalue weighted by Gasteiger charge is -2.11. The van der Waals surface area contributed by atoms with Crippen molar-refractivity contribution in [2.45, 2.75) is 45.4 Å². The number of aryl methyl sites for hydroxylation is 1. The molecule has 0 radical (unpaired) electrons. The first-order valence-electron chi connectivity index (χ1n) is 5.87. The van der Waals surface area contributed by atoms with E-state index in [1.54, 1.807) is 6.26 Å². The molecule has 15 heavy (non-hydrogen) atoms. The highest BCUT2D eigenvalue weighted by Gasteiger charge is 2.23. The Hall–Kier alpha value is -1.05. The maximum atomic E-state index is 12.2. The minimum Gasteiger partial charge on any atom is -0.469 e. The summed E-state index contributed by atoms with van der Waals surface area (Å²) in [5, 5.41) is 0.